The van der Waals surface area contributed by atoms with E-state index < -0.39 is 15.9 Å². The molecule has 5 nitrogen and oxygen atoms in total. The molecule has 1 heterocycles. The first kappa shape index (κ1) is 22.4. The van der Waals surface area contributed by atoms with Gasteiger partial charge in [0.05, 0.1) is 10.8 Å². The van der Waals surface area contributed by atoms with Crippen LogP contribution in [0, 0.1) is 11.7 Å². The fourth-order valence-electron chi connectivity index (χ4n) is 3.71. The zero-order chi connectivity index (χ0) is 21.7. The van der Waals surface area contributed by atoms with Crippen molar-refractivity contribution in [3.05, 3.63) is 65.5 Å². The van der Waals surface area contributed by atoms with E-state index in [-0.39, 0.29) is 23.2 Å². The minimum Gasteiger partial charge on any atom is -0.355 e. The lowest BCUT2D eigenvalue weighted by Gasteiger charge is -2.31. The van der Waals surface area contributed by atoms with Crippen molar-refractivity contribution in [2.75, 3.05) is 19.6 Å². The average Bonchev–Trinajstić information content (AvgIpc) is 2.75. The van der Waals surface area contributed by atoms with Gasteiger partial charge in [0, 0.05) is 19.6 Å². The summed E-state index contributed by atoms with van der Waals surface area (Å²) in [5.74, 6) is -0.537. The van der Waals surface area contributed by atoms with E-state index in [0.29, 0.717) is 43.8 Å². The standard InChI is InChI=1S/C23H29FN2O3S/c1-17(2)18-9-11-21(12-10-18)30(28,29)26-15-5-7-20(16-26)23(27)25-14-13-19-6-3-4-8-22(19)24/h3-4,6,8-12,17,20H,5,7,13-16H2,1-2H3,(H,25,27). The minimum atomic E-state index is -3.64. The van der Waals surface area contributed by atoms with Crippen LogP contribution >= 0.6 is 0 Å². The third kappa shape index (κ3) is 5.26. The van der Waals surface area contributed by atoms with E-state index in [1.54, 1.807) is 30.3 Å². The summed E-state index contributed by atoms with van der Waals surface area (Å²) >= 11 is 0. The average molecular weight is 433 g/mol. The van der Waals surface area contributed by atoms with Gasteiger partial charge in [-0.05, 0) is 54.5 Å². The summed E-state index contributed by atoms with van der Waals surface area (Å²) in [5, 5.41) is 2.83. The summed E-state index contributed by atoms with van der Waals surface area (Å²) in [4.78, 5) is 12.8. The molecule has 7 heteroatoms. The summed E-state index contributed by atoms with van der Waals surface area (Å²) in [6.45, 7) is 5.01. The van der Waals surface area contributed by atoms with Crippen LogP contribution in [0.1, 0.15) is 43.7 Å². The van der Waals surface area contributed by atoms with E-state index >= 15 is 0 Å². The van der Waals surface area contributed by atoms with E-state index in [1.165, 1.54) is 10.4 Å². The quantitative estimate of drug-likeness (QED) is 0.725. The molecule has 1 saturated heterocycles. The summed E-state index contributed by atoms with van der Waals surface area (Å²) < 4.78 is 41.2. The van der Waals surface area contributed by atoms with Crippen LogP contribution in [-0.4, -0.2) is 38.3 Å². The number of hydrogen-bond acceptors (Lipinski definition) is 3. The van der Waals surface area contributed by atoms with E-state index in [2.05, 4.69) is 19.2 Å². The van der Waals surface area contributed by atoms with Gasteiger partial charge in [-0.25, -0.2) is 12.8 Å². The number of rotatable bonds is 7. The third-order valence-corrected chi connectivity index (χ3v) is 7.47. The van der Waals surface area contributed by atoms with E-state index in [1.807, 2.05) is 12.1 Å². The number of hydrogen-bond donors (Lipinski definition) is 1. The van der Waals surface area contributed by atoms with Crippen LogP contribution in [0.25, 0.3) is 0 Å². The van der Waals surface area contributed by atoms with E-state index in [4.69, 9.17) is 0 Å². The molecule has 0 spiro atoms. The van der Waals surface area contributed by atoms with Gasteiger partial charge in [0.1, 0.15) is 5.82 Å². The van der Waals surface area contributed by atoms with Crippen molar-refractivity contribution < 1.29 is 17.6 Å². The molecule has 0 bridgehead atoms. The van der Waals surface area contributed by atoms with Crippen LogP contribution in [0.15, 0.2) is 53.4 Å². The topological polar surface area (TPSA) is 66.5 Å². The van der Waals surface area contributed by atoms with Crippen LogP contribution in [0.5, 0.6) is 0 Å². The smallest absolute Gasteiger partial charge is 0.243 e. The predicted octanol–water partition coefficient (Wildman–Crippen LogP) is 3.71. The molecular formula is C23H29FN2O3S. The zero-order valence-corrected chi connectivity index (χ0v) is 18.3. The lowest BCUT2D eigenvalue weighted by atomic mass is 9.99. The molecule has 0 radical (unpaired) electrons. The number of halogens is 1. The fraction of sp³-hybridized carbons (Fsp3) is 0.435. The van der Waals surface area contributed by atoms with Crippen molar-refractivity contribution in [3.63, 3.8) is 0 Å². The van der Waals surface area contributed by atoms with Crippen LogP contribution in [0.3, 0.4) is 0 Å². The molecular weight excluding hydrogens is 403 g/mol. The third-order valence-electron chi connectivity index (χ3n) is 5.59. The molecule has 1 aliphatic heterocycles. The number of benzene rings is 2. The molecule has 1 fully saturated rings. The van der Waals surface area contributed by atoms with Crippen LogP contribution in [0.4, 0.5) is 4.39 Å². The lowest BCUT2D eigenvalue weighted by molar-refractivity contribution is -0.126. The Labute approximate surface area is 178 Å². The van der Waals surface area contributed by atoms with Gasteiger partial charge in [-0.3, -0.25) is 4.79 Å². The molecule has 162 valence electrons. The normalized spacial score (nSPS) is 17.8. The molecule has 1 aliphatic rings. The Morgan fingerprint density at radius 3 is 2.53 bits per heavy atom. The van der Waals surface area contributed by atoms with E-state index in [0.717, 1.165) is 5.56 Å². The number of carbonyl (C=O) groups excluding carboxylic acids is 1. The van der Waals surface area contributed by atoms with Crippen LogP contribution < -0.4 is 5.32 Å². The highest BCUT2D eigenvalue weighted by molar-refractivity contribution is 7.89. The largest absolute Gasteiger partial charge is 0.355 e. The number of nitrogens with one attached hydrogen (secondary N) is 1. The molecule has 1 amide bonds. The second-order valence-electron chi connectivity index (χ2n) is 8.06. The highest BCUT2D eigenvalue weighted by atomic mass is 32.2. The van der Waals surface area contributed by atoms with E-state index in [9.17, 15) is 17.6 Å². The summed E-state index contributed by atoms with van der Waals surface area (Å²) in [6.07, 6.45) is 1.67. The Morgan fingerprint density at radius 1 is 1.17 bits per heavy atom. The number of piperidine rings is 1. The monoisotopic (exact) mass is 432 g/mol. The van der Waals surface area contributed by atoms with Gasteiger partial charge in [-0.15, -0.1) is 0 Å². The van der Waals surface area contributed by atoms with Gasteiger partial charge in [-0.1, -0.05) is 44.2 Å². The van der Waals surface area contributed by atoms with Crippen molar-refractivity contribution in [1.82, 2.24) is 9.62 Å². The maximum atomic E-state index is 13.7. The number of sulfonamides is 1. The second-order valence-corrected chi connectivity index (χ2v) is 10.00. The molecule has 1 N–H and O–H groups in total. The first-order valence-corrected chi connectivity index (χ1v) is 11.8. The summed E-state index contributed by atoms with van der Waals surface area (Å²) in [6, 6.07) is 13.5. The lowest BCUT2D eigenvalue weighted by Crippen LogP contribution is -2.45. The number of amides is 1. The first-order valence-electron chi connectivity index (χ1n) is 10.4. The summed E-state index contributed by atoms with van der Waals surface area (Å²) in [7, 11) is -3.64. The van der Waals surface area contributed by atoms with Gasteiger partial charge in [-0.2, -0.15) is 4.31 Å². The Hall–Kier alpha value is -2.25. The fourth-order valence-corrected chi connectivity index (χ4v) is 5.24. The Balaban J connectivity index is 1.59. The molecule has 0 aliphatic carbocycles. The molecule has 1 atom stereocenters. The Morgan fingerprint density at radius 2 is 1.87 bits per heavy atom. The Bertz CT molecular complexity index is 974. The maximum absolute atomic E-state index is 13.7. The van der Waals surface area contributed by atoms with Gasteiger partial charge in [0.2, 0.25) is 15.9 Å². The second kappa shape index (κ2) is 9.71. The highest BCUT2D eigenvalue weighted by Crippen LogP contribution is 2.25. The SMILES string of the molecule is CC(C)c1ccc(S(=O)(=O)N2CCCC(C(=O)NCCc3ccccc3F)C2)cc1. The first-order chi connectivity index (χ1) is 14.3. The molecule has 1 unspecified atom stereocenters. The van der Waals surface area contributed by atoms with Crippen molar-refractivity contribution in [3.8, 4) is 0 Å². The van der Waals surface area contributed by atoms with Crippen molar-refractivity contribution >= 4 is 15.9 Å². The predicted molar refractivity (Wildman–Crippen MR) is 115 cm³/mol. The van der Waals surface area contributed by atoms with Crippen molar-refractivity contribution in [2.45, 2.75) is 43.9 Å². The van der Waals surface area contributed by atoms with Crippen LogP contribution in [0.2, 0.25) is 0 Å². The van der Waals surface area contributed by atoms with Gasteiger partial charge < -0.3 is 5.32 Å². The van der Waals surface area contributed by atoms with Gasteiger partial charge >= 0.3 is 0 Å². The summed E-state index contributed by atoms with van der Waals surface area (Å²) in [5.41, 5.74) is 1.63. The van der Waals surface area contributed by atoms with Crippen molar-refractivity contribution in [1.29, 1.82) is 0 Å². The van der Waals surface area contributed by atoms with Crippen molar-refractivity contribution in [2.24, 2.45) is 5.92 Å². The molecule has 2 aromatic carbocycles. The van der Waals surface area contributed by atoms with Gasteiger partial charge in [0.25, 0.3) is 0 Å². The zero-order valence-electron chi connectivity index (χ0n) is 17.5. The number of nitrogens with zero attached hydrogens (tertiary/aromatic N) is 1. The molecule has 30 heavy (non-hydrogen) atoms. The molecule has 0 saturated carbocycles. The molecule has 0 aromatic heterocycles. The minimum absolute atomic E-state index is 0.166. The number of carbonyl (C=O) groups is 1. The Kier molecular flexibility index (Phi) is 7.26. The molecule has 3 rings (SSSR count). The maximum Gasteiger partial charge on any atom is 0.243 e. The molecule has 2 aromatic rings. The van der Waals surface area contributed by atoms with Crippen LogP contribution in [-0.2, 0) is 21.2 Å². The highest BCUT2D eigenvalue weighted by Gasteiger charge is 2.33. The van der Waals surface area contributed by atoms with Gasteiger partial charge in [0.15, 0.2) is 0 Å².